The number of benzene rings is 1. The predicted molar refractivity (Wildman–Crippen MR) is 109 cm³/mol. The minimum atomic E-state index is -0.176. The zero-order valence-electron chi connectivity index (χ0n) is 17.1. The fourth-order valence-corrected chi connectivity index (χ4v) is 3.36. The molecule has 0 saturated carbocycles. The van der Waals surface area contributed by atoms with E-state index in [0.717, 1.165) is 48.7 Å². The normalized spacial score (nSPS) is 16.5. The fourth-order valence-electron chi connectivity index (χ4n) is 3.36. The maximum Gasteiger partial charge on any atom is 0.291 e. The van der Waals surface area contributed by atoms with Crippen LogP contribution in [0.25, 0.3) is 0 Å². The van der Waals surface area contributed by atoms with Crippen molar-refractivity contribution in [2.75, 3.05) is 32.1 Å². The number of rotatable bonds is 6. The van der Waals surface area contributed by atoms with Gasteiger partial charge in [-0.25, -0.2) is 9.97 Å². The van der Waals surface area contributed by atoms with Crippen LogP contribution in [0.5, 0.6) is 0 Å². The van der Waals surface area contributed by atoms with Gasteiger partial charge in [-0.15, -0.1) is 0 Å². The average Bonchev–Trinajstić information content (AvgIpc) is 3.16. The molecule has 0 radical (unpaired) electrons. The molecule has 3 rings (SSSR count). The Morgan fingerprint density at radius 3 is 2.54 bits per heavy atom. The molecule has 2 heterocycles. The molecule has 1 saturated heterocycles. The molecule has 28 heavy (non-hydrogen) atoms. The molecule has 7 heteroatoms. The van der Waals surface area contributed by atoms with Crippen LogP contribution in [0.1, 0.15) is 39.4 Å². The molecule has 2 N–H and O–H groups in total. The highest BCUT2D eigenvalue weighted by molar-refractivity contribution is 5.90. The molecule has 0 aliphatic carbocycles. The summed E-state index contributed by atoms with van der Waals surface area (Å²) < 4.78 is 0. The lowest BCUT2D eigenvalue weighted by Gasteiger charge is -2.22. The molecule has 150 valence electrons. The largest absolute Gasteiger partial charge is 0.392 e. The summed E-state index contributed by atoms with van der Waals surface area (Å²) in [5.74, 6) is 0.933. The van der Waals surface area contributed by atoms with Crippen molar-refractivity contribution in [3.8, 4) is 0 Å². The Labute approximate surface area is 166 Å². The van der Waals surface area contributed by atoms with Crippen LogP contribution in [0.4, 0.5) is 5.82 Å². The van der Waals surface area contributed by atoms with Gasteiger partial charge < -0.3 is 20.2 Å². The molecule has 1 aliphatic heterocycles. The van der Waals surface area contributed by atoms with E-state index in [9.17, 15) is 4.79 Å². The maximum absolute atomic E-state index is 12.3. The Kier molecular flexibility index (Phi) is 6.26. The van der Waals surface area contributed by atoms with Crippen LogP contribution in [-0.4, -0.2) is 59.1 Å². The number of anilines is 1. The second-order valence-electron chi connectivity index (χ2n) is 7.57. The van der Waals surface area contributed by atoms with Crippen molar-refractivity contribution in [3.05, 3.63) is 52.5 Å². The molecule has 1 aromatic heterocycles. The molecule has 7 nitrogen and oxygen atoms in total. The van der Waals surface area contributed by atoms with Gasteiger partial charge in [0.05, 0.1) is 6.61 Å². The Hall–Kier alpha value is -2.51. The first-order valence-electron chi connectivity index (χ1n) is 9.63. The van der Waals surface area contributed by atoms with Gasteiger partial charge in [-0.2, -0.15) is 0 Å². The smallest absolute Gasteiger partial charge is 0.291 e. The number of nitrogens with one attached hydrogen (secondary N) is 1. The van der Waals surface area contributed by atoms with E-state index >= 15 is 0 Å². The van der Waals surface area contributed by atoms with Gasteiger partial charge in [0.2, 0.25) is 5.82 Å². The van der Waals surface area contributed by atoms with Crippen LogP contribution in [0.15, 0.2) is 24.3 Å². The summed E-state index contributed by atoms with van der Waals surface area (Å²) in [7, 11) is 3.42. The van der Waals surface area contributed by atoms with Gasteiger partial charge in [0.1, 0.15) is 5.82 Å². The quantitative estimate of drug-likeness (QED) is 0.790. The van der Waals surface area contributed by atoms with Crippen molar-refractivity contribution in [1.82, 2.24) is 20.2 Å². The Morgan fingerprint density at radius 1 is 1.21 bits per heavy atom. The average molecular weight is 383 g/mol. The summed E-state index contributed by atoms with van der Waals surface area (Å²) in [5, 5.41) is 12.7. The predicted octanol–water partition coefficient (Wildman–Crippen LogP) is 1.66. The zero-order valence-corrected chi connectivity index (χ0v) is 17.1. The molecule has 2 aromatic rings. The van der Waals surface area contributed by atoms with Crippen LogP contribution in [0.2, 0.25) is 0 Å². The Bertz CT molecular complexity index is 835. The third-order valence-electron chi connectivity index (χ3n) is 5.25. The maximum atomic E-state index is 12.3. The van der Waals surface area contributed by atoms with Crippen LogP contribution in [-0.2, 0) is 13.2 Å². The highest BCUT2D eigenvalue weighted by atomic mass is 16.3. The Morgan fingerprint density at radius 2 is 1.89 bits per heavy atom. The van der Waals surface area contributed by atoms with Crippen LogP contribution in [0, 0.1) is 13.8 Å². The molecule has 0 bridgehead atoms. The number of aliphatic hydroxyl groups is 1. The molecule has 1 fully saturated rings. The highest BCUT2D eigenvalue weighted by Gasteiger charge is 2.26. The number of amides is 1. The number of aromatic nitrogens is 2. The standard InChI is InChI=1S/C21H29N5O2/c1-14-15(2)23-19(21(28)25(3)4)24-20(14)26-10-9-18(12-26)22-11-16-5-7-17(13-27)8-6-16/h5-8,18,22,27H,9-13H2,1-4H3/t18-/m1/s1. The van der Waals surface area contributed by atoms with Gasteiger partial charge >= 0.3 is 0 Å². The minimum Gasteiger partial charge on any atom is -0.392 e. The van der Waals surface area contributed by atoms with E-state index in [1.807, 2.05) is 38.1 Å². The lowest BCUT2D eigenvalue weighted by atomic mass is 10.1. The molecule has 1 atom stereocenters. The van der Waals surface area contributed by atoms with E-state index in [4.69, 9.17) is 5.11 Å². The summed E-state index contributed by atoms with van der Waals surface area (Å²) >= 11 is 0. The van der Waals surface area contributed by atoms with Crippen molar-refractivity contribution in [2.45, 2.75) is 39.5 Å². The summed E-state index contributed by atoms with van der Waals surface area (Å²) in [6.45, 7) is 6.54. The fraction of sp³-hybridized carbons (Fsp3) is 0.476. The zero-order chi connectivity index (χ0) is 20.3. The van der Waals surface area contributed by atoms with E-state index in [1.54, 1.807) is 14.1 Å². The van der Waals surface area contributed by atoms with Gasteiger partial charge in [-0.05, 0) is 31.4 Å². The van der Waals surface area contributed by atoms with Crippen molar-refractivity contribution >= 4 is 11.7 Å². The van der Waals surface area contributed by atoms with Crippen LogP contribution >= 0.6 is 0 Å². The van der Waals surface area contributed by atoms with E-state index in [2.05, 4.69) is 20.2 Å². The number of aliphatic hydroxyl groups excluding tert-OH is 1. The first-order valence-corrected chi connectivity index (χ1v) is 9.63. The highest BCUT2D eigenvalue weighted by Crippen LogP contribution is 2.24. The molecular weight excluding hydrogens is 354 g/mol. The van der Waals surface area contributed by atoms with Gasteiger partial charge in [-0.1, -0.05) is 24.3 Å². The minimum absolute atomic E-state index is 0.0707. The summed E-state index contributed by atoms with van der Waals surface area (Å²) in [5.41, 5.74) is 3.99. The molecule has 0 spiro atoms. The van der Waals surface area contributed by atoms with E-state index in [0.29, 0.717) is 6.04 Å². The first kappa shape index (κ1) is 20.2. The van der Waals surface area contributed by atoms with E-state index in [1.165, 1.54) is 10.5 Å². The monoisotopic (exact) mass is 383 g/mol. The number of nitrogens with zero attached hydrogens (tertiary/aromatic N) is 4. The van der Waals surface area contributed by atoms with Gasteiger partial charge in [0.15, 0.2) is 0 Å². The number of aryl methyl sites for hydroxylation is 1. The van der Waals surface area contributed by atoms with Gasteiger partial charge in [0, 0.05) is 51.0 Å². The molecule has 0 unspecified atom stereocenters. The van der Waals surface area contributed by atoms with Crippen molar-refractivity contribution in [2.24, 2.45) is 0 Å². The van der Waals surface area contributed by atoms with Crippen LogP contribution < -0.4 is 10.2 Å². The van der Waals surface area contributed by atoms with Crippen molar-refractivity contribution < 1.29 is 9.90 Å². The number of hydrogen-bond donors (Lipinski definition) is 2. The summed E-state index contributed by atoms with van der Waals surface area (Å²) in [4.78, 5) is 25.0. The molecular formula is C21H29N5O2. The second kappa shape index (κ2) is 8.67. The van der Waals surface area contributed by atoms with Crippen LogP contribution in [0.3, 0.4) is 0 Å². The molecule has 1 amide bonds. The number of hydrogen-bond acceptors (Lipinski definition) is 6. The van der Waals surface area contributed by atoms with E-state index in [-0.39, 0.29) is 18.3 Å². The number of carbonyl (C=O) groups is 1. The lowest BCUT2D eigenvalue weighted by Crippen LogP contribution is -2.33. The van der Waals surface area contributed by atoms with Gasteiger partial charge in [-0.3, -0.25) is 4.79 Å². The summed E-state index contributed by atoms with van der Waals surface area (Å²) in [6, 6.07) is 8.35. The topological polar surface area (TPSA) is 81.6 Å². The number of carbonyl (C=O) groups excluding carboxylic acids is 1. The molecule has 1 aliphatic rings. The lowest BCUT2D eigenvalue weighted by molar-refractivity contribution is 0.0815. The van der Waals surface area contributed by atoms with Gasteiger partial charge in [0.25, 0.3) is 5.91 Å². The second-order valence-corrected chi connectivity index (χ2v) is 7.57. The van der Waals surface area contributed by atoms with E-state index < -0.39 is 0 Å². The third kappa shape index (κ3) is 4.48. The van der Waals surface area contributed by atoms with Crippen molar-refractivity contribution in [3.63, 3.8) is 0 Å². The first-order chi connectivity index (χ1) is 13.4. The Balaban J connectivity index is 1.66. The van der Waals surface area contributed by atoms with Crippen molar-refractivity contribution in [1.29, 1.82) is 0 Å². The summed E-state index contributed by atoms with van der Waals surface area (Å²) in [6.07, 6.45) is 1.02. The molecule has 1 aromatic carbocycles. The third-order valence-corrected chi connectivity index (χ3v) is 5.25. The SMILES string of the molecule is Cc1nc(C(=O)N(C)C)nc(N2CC[C@@H](NCc3ccc(CO)cc3)C2)c1C.